The van der Waals surface area contributed by atoms with Gasteiger partial charge in [-0.3, -0.25) is 14.2 Å². The maximum atomic E-state index is 13.3. The van der Waals surface area contributed by atoms with Crippen molar-refractivity contribution in [2.45, 2.75) is 32.5 Å². The summed E-state index contributed by atoms with van der Waals surface area (Å²) in [5.41, 5.74) is 3.23. The topological polar surface area (TPSA) is 95.1 Å². The van der Waals surface area contributed by atoms with Crippen molar-refractivity contribution in [1.82, 2.24) is 24.8 Å². The fraction of sp³-hybridized carbons (Fsp3) is 0.296. The molecular formula is C27H31ClN6O2. The number of carbonyl (C=O) groups is 1. The van der Waals surface area contributed by atoms with Crippen molar-refractivity contribution >= 4 is 34.2 Å². The molecule has 9 heteroatoms. The van der Waals surface area contributed by atoms with Gasteiger partial charge in [0.05, 0.1) is 5.69 Å². The fourth-order valence-corrected chi connectivity index (χ4v) is 4.40. The number of hydrogen-bond acceptors (Lipinski definition) is 5. The van der Waals surface area contributed by atoms with Crippen molar-refractivity contribution in [2.24, 2.45) is 0 Å². The molecule has 3 N–H and O–H groups in total. The van der Waals surface area contributed by atoms with E-state index in [1.165, 1.54) is 4.57 Å². The van der Waals surface area contributed by atoms with Crippen LogP contribution in [0, 0.1) is 6.92 Å². The molecular weight excluding hydrogens is 476 g/mol. The van der Waals surface area contributed by atoms with Crippen LogP contribution in [-0.4, -0.2) is 52.0 Å². The van der Waals surface area contributed by atoms with E-state index in [1.807, 2.05) is 67.7 Å². The lowest BCUT2D eigenvalue weighted by atomic mass is 10.1. The zero-order chi connectivity index (χ0) is 25.7. The number of aromatic nitrogens is 3. The number of nitrogens with one attached hydrogen (secondary N) is 3. The van der Waals surface area contributed by atoms with Gasteiger partial charge >= 0.3 is 0 Å². The molecule has 188 valence electrons. The molecule has 0 aliphatic carbocycles. The van der Waals surface area contributed by atoms with Crippen molar-refractivity contribution in [2.75, 3.05) is 26.0 Å². The second-order valence-corrected chi connectivity index (χ2v) is 9.56. The van der Waals surface area contributed by atoms with Crippen LogP contribution in [0.3, 0.4) is 0 Å². The molecule has 4 aromatic rings. The first kappa shape index (κ1) is 25.5. The molecule has 1 atom stereocenters. The molecule has 0 spiro atoms. The predicted molar refractivity (Wildman–Crippen MR) is 145 cm³/mol. The van der Waals surface area contributed by atoms with Crippen molar-refractivity contribution in [1.29, 1.82) is 0 Å². The average molecular weight is 507 g/mol. The third-order valence-corrected chi connectivity index (χ3v) is 6.38. The average Bonchev–Trinajstić information content (AvgIpc) is 3.32. The number of H-pyrrole nitrogens is 1. The number of amides is 1. The molecule has 36 heavy (non-hydrogen) atoms. The largest absolute Gasteiger partial charge is 0.361 e. The Morgan fingerprint density at radius 2 is 1.92 bits per heavy atom. The molecule has 2 aromatic carbocycles. The minimum absolute atomic E-state index is 0.0769. The monoisotopic (exact) mass is 506 g/mol. The van der Waals surface area contributed by atoms with E-state index >= 15 is 0 Å². The molecule has 1 amide bonds. The molecule has 0 aliphatic heterocycles. The fourth-order valence-electron chi connectivity index (χ4n) is 4.21. The van der Waals surface area contributed by atoms with Gasteiger partial charge in [0.2, 0.25) is 5.91 Å². The molecule has 4 rings (SSSR count). The first-order valence-corrected chi connectivity index (χ1v) is 12.2. The highest BCUT2D eigenvalue weighted by Crippen LogP contribution is 2.16. The van der Waals surface area contributed by atoms with E-state index in [-0.39, 0.29) is 35.0 Å². The number of halogens is 1. The number of anilines is 1. The van der Waals surface area contributed by atoms with Crippen LogP contribution >= 0.6 is 11.6 Å². The van der Waals surface area contributed by atoms with E-state index in [1.54, 1.807) is 6.92 Å². The Kier molecular flexibility index (Phi) is 8.07. The minimum atomic E-state index is -0.377. The Hall–Kier alpha value is -3.62. The SMILES string of the molecule is Cc1c(Cl)nc(N[C@@H](Cc2ccccc2)CN(C)C)c(=O)n1CC(=O)NCc1ccc2[nH]ccc2c1. The molecule has 0 bridgehead atoms. The van der Waals surface area contributed by atoms with Crippen LogP contribution in [0.15, 0.2) is 65.6 Å². The molecule has 0 unspecified atom stereocenters. The first-order valence-electron chi connectivity index (χ1n) is 11.8. The number of fused-ring (bicyclic) bond motifs is 1. The van der Waals surface area contributed by atoms with E-state index in [0.29, 0.717) is 25.2 Å². The Morgan fingerprint density at radius 1 is 1.14 bits per heavy atom. The lowest BCUT2D eigenvalue weighted by Crippen LogP contribution is -2.39. The number of aromatic amines is 1. The Morgan fingerprint density at radius 3 is 2.67 bits per heavy atom. The van der Waals surface area contributed by atoms with Crippen LogP contribution in [0.4, 0.5) is 5.82 Å². The van der Waals surface area contributed by atoms with Gasteiger partial charge < -0.3 is 20.5 Å². The van der Waals surface area contributed by atoms with E-state index in [4.69, 9.17) is 11.6 Å². The summed E-state index contributed by atoms with van der Waals surface area (Å²) >= 11 is 6.39. The minimum Gasteiger partial charge on any atom is -0.361 e. The van der Waals surface area contributed by atoms with Gasteiger partial charge in [-0.25, -0.2) is 4.98 Å². The van der Waals surface area contributed by atoms with Crippen LogP contribution in [0.1, 0.15) is 16.8 Å². The highest BCUT2D eigenvalue weighted by molar-refractivity contribution is 6.30. The van der Waals surface area contributed by atoms with Crippen LogP contribution in [0.25, 0.3) is 10.9 Å². The van der Waals surface area contributed by atoms with Crippen LogP contribution in [0.5, 0.6) is 0 Å². The molecule has 0 saturated carbocycles. The first-order chi connectivity index (χ1) is 17.3. The summed E-state index contributed by atoms with van der Waals surface area (Å²) in [6.45, 7) is 2.59. The third kappa shape index (κ3) is 6.33. The van der Waals surface area contributed by atoms with Crippen molar-refractivity contribution in [3.8, 4) is 0 Å². The van der Waals surface area contributed by atoms with Crippen molar-refractivity contribution in [3.05, 3.63) is 93.1 Å². The van der Waals surface area contributed by atoms with Crippen molar-refractivity contribution < 1.29 is 4.79 Å². The summed E-state index contributed by atoms with van der Waals surface area (Å²) in [6, 6.07) is 17.9. The maximum Gasteiger partial charge on any atom is 0.294 e. The van der Waals surface area contributed by atoms with Crippen LogP contribution in [0.2, 0.25) is 5.15 Å². The van der Waals surface area contributed by atoms with Gasteiger partial charge in [-0.1, -0.05) is 48.0 Å². The van der Waals surface area contributed by atoms with Gasteiger partial charge in [0, 0.05) is 30.8 Å². The number of hydrogen-bond donors (Lipinski definition) is 3. The smallest absolute Gasteiger partial charge is 0.294 e. The van der Waals surface area contributed by atoms with E-state index in [0.717, 1.165) is 22.0 Å². The lowest BCUT2D eigenvalue weighted by molar-refractivity contribution is -0.121. The second-order valence-electron chi connectivity index (χ2n) is 9.20. The molecule has 2 heterocycles. The summed E-state index contributed by atoms with van der Waals surface area (Å²) < 4.78 is 1.37. The lowest BCUT2D eigenvalue weighted by Gasteiger charge is -2.23. The molecule has 8 nitrogen and oxygen atoms in total. The number of carbonyl (C=O) groups excluding carboxylic acids is 1. The summed E-state index contributed by atoms with van der Waals surface area (Å²) in [5, 5.41) is 7.44. The van der Waals surface area contributed by atoms with E-state index in [9.17, 15) is 9.59 Å². The van der Waals surface area contributed by atoms with E-state index < -0.39 is 0 Å². The Balaban J connectivity index is 1.49. The predicted octanol–water partition coefficient (Wildman–Crippen LogP) is 3.59. The molecule has 0 aliphatic rings. The zero-order valence-electron chi connectivity index (χ0n) is 20.7. The van der Waals surface area contributed by atoms with Gasteiger partial charge in [-0.2, -0.15) is 0 Å². The van der Waals surface area contributed by atoms with Gasteiger partial charge in [-0.15, -0.1) is 0 Å². The van der Waals surface area contributed by atoms with E-state index in [2.05, 4.69) is 32.7 Å². The van der Waals surface area contributed by atoms with Crippen molar-refractivity contribution in [3.63, 3.8) is 0 Å². The third-order valence-electron chi connectivity index (χ3n) is 6.02. The number of nitrogens with zero attached hydrogens (tertiary/aromatic N) is 3. The summed E-state index contributed by atoms with van der Waals surface area (Å²) in [7, 11) is 3.96. The molecule has 0 saturated heterocycles. The number of likely N-dealkylation sites (N-methyl/N-ethyl adjacent to an activating group) is 1. The second kappa shape index (κ2) is 11.4. The van der Waals surface area contributed by atoms with Gasteiger partial charge in [0.25, 0.3) is 5.56 Å². The van der Waals surface area contributed by atoms with Crippen LogP contribution in [-0.2, 0) is 24.3 Å². The normalized spacial score (nSPS) is 12.1. The van der Waals surface area contributed by atoms with Gasteiger partial charge in [-0.05, 0) is 62.2 Å². The standard InChI is InChI=1S/C27H31ClN6O2/c1-18-25(28)32-26(31-22(16-33(2)3)14-19-7-5-4-6-8-19)27(36)34(18)17-24(35)30-15-20-9-10-23-21(13-20)11-12-29-23/h4-13,22,29H,14-17H2,1-3H3,(H,30,35)(H,31,32)/t22-/m0/s1. The van der Waals surface area contributed by atoms with Crippen LogP contribution < -0.4 is 16.2 Å². The number of benzene rings is 2. The van der Waals surface area contributed by atoms with Gasteiger partial charge in [0.1, 0.15) is 6.54 Å². The number of rotatable bonds is 10. The molecule has 2 aromatic heterocycles. The highest BCUT2D eigenvalue weighted by atomic mass is 35.5. The Labute approximate surface area is 215 Å². The zero-order valence-corrected chi connectivity index (χ0v) is 21.5. The molecule has 0 radical (unpaired) electrons. The summed E-state index contributed by atoms with van der Waals surface area (Å²) in [6.07, 6.45) is 2.58. The van der Waals surface area contributed by atoms with Gasteiger partial charge in [0.15, 0.2) is 11.0 Å². The Bertz CT molecular complexity index is 1400. The quantitative estimate of drug-likeness (QED) is 0.305. The molecule has 0 fully saturated rings. The summed E-state index contributed by atoms with van der Waals surface area (Å²) in [5.74, 6) is -0.143. The maximum absolute atomic E-state index is 13.3. The summed E-state index contributed by atoms with van der Waals surface area (Å²) in [4.78, 5) is 35.6. The highest BCUT2D eigenvalue weighted by Gasteiger charge is 2.19.